The smallest absolute Gasteiger partial charge is 0.239 e. The predicted octanol–water partition coefficient (Wildman–Crippen LogP) is 3.14. The van der Waals surface area contributed by atoms with Crippen molar-refractivity contribution in [2.24, 2.45) is 5.73 Å². The summed E-state index contributed by atoms with van der Waals surface area (Å²) in [5, 5.41) is 3.68. The first-order valence-corrected chi connectivity index (χ1v) is 7.83. The van der Waals surface area contributed by atoms with Crippen molar-refractivity contribution in [2.75, 3.05) is 13.7 Å². The zero-order chi connectivity index (χ0) is 16.7. The van der Waals surface area contributed by atoms with Gasteiger partial charge in [-0.1, -0.05) is 60.1 Å². The summed E-state index contributed by atoms with van der Waals surface area (Å²) < 4.78 is 4.94. The largest absolute Gasteiger partial charge is 0.383 e. The van der Waals surface area contributed by atoms with Crippen LogP contribution in [0.1, 0.15) is 17.2 Å². The fraction of sp³-hybridized carbons (Fsp3) is 0.278. The number of nitrogens with two attached hydrogens (primary N) is 1. The van der Waals surface area contributed by atoms with Crippen molar-refractivity contribution in [2.45, 2.75) is 18.5 Å². The van der Waals surface area contributed by atoms with Crippen molar-refractivity contribution in [3.63, 3.8) is 0 Å². The van der Waals surface area contributed by atoms with Gasteiger partial charge in [-0.05, 0) is 23.6 Å². The van der Waals surface area contributed by atoms with Crippen LogP contribution in [0.4, 0.5) is 0 Å². The SMILES string of the molecule is COCC(N)C(=O)NC(Cc1ccccc1Cl)c1ccccc1.Cl. The molecule has 0 spiro atoms. The molecule has 0 heterocycles. The molecular formula is C18H22Cl2N2O2. The first-order chi connectivity index (χ1) is 11.1. The lowest BCUT2D eigenvalue weighted by Crippen LogP contribution is -2.45. The molecule has 6 heteroatoms. The van der Waals surface area contributed by atoms with Gasteiger partial charge in [0.1, 0.15) is 6.04 Å². The van der Waals surface area contributed by atoms with Crippen LogP contribution in [0.25, 0.3) is 0 Å². The van der Waals surface area contributed by atoms with E-state index in [2.05, 4.69) is 5.32 Å². The molecule has 0 aromatic heterocycles. The highest BCUT2D eigenvalue weighted by atomic mass is 35.5. The standard InChI is InChI=1S/C18H21ClN2O2.ClH/c1-23-12-16(20)18(22)21-17(13-7-3-2-4-8-13)11-14-9-5-6-10-15(14)19;/h2-10,16-17H,11-12,20H2,1H3,(H,21,22);1H. The van der Waals surface area contributed by atoms with Gasteiger partial charge >= 0.3 is 0 Å². The molecule has 0 aliphatic heterocycles. The van der Waals surface area contributed by atoms with Gasteiger partial charge in [0, 0.05) is 12.1 Å². The first-order valence-electron chi connectivity index (χ1n) is 7.45. The highest BCUT2D eigenvalue weighted by Crippen LogP contribution is 2.23. The third-order valence-electron chi connectivity index (χ3n) is 3.58. The number of hydrogen-bond acceptors (Lipinski definition) is 3. The fourth-order valence-electron chi connectivity index (χ4n) is 2.36. The number of hydrogen-bond donors (Lipinski definition) is 2. The van der Waals surface area contributed by atoms with E-state index in [-0.39, 0.29) is 31.0 Å². The summed E-state index contributed by atoms with van der Waals surface area (Å²) in [6, 6.07) is 16.5. The van der Waals surface area contributed by atoms with Crippen molar-refractivity contribution < 1.29 is 9.53 Å². The van der Waals surface area contributed by atoms with Crippen molar-refractivity contribution in [1.29, 1.82) is 0 Å². The molecule has 0 fully saturated rings. The van der Waals surface area contributed by atoms with E-state index in [1.807, 2.05) is 54.6 Å². The molecule has 2 aromatic rings. The molecule has 1 amide bonds. The summed E-state index contributed by atoms with van der Waals surface area (Å²) in [6.07, 6.45) is 0.592. The lowest BCUT2D eigenvalue weighted by molar-refractivity contribution is -0.124. The van der Waals surface area contributed by atoms with E-state index in [0.29, 0.717) is 11.4 Å². The molecule has 0 aliphatic carbocycles. The number of amides is 1. The quantitative estimate of drug-likeness (QED) is 0.788. The van der Waals surface area contributed by atoms with E-state index in [1.54, 1.807) is 0 Å². The van der Waals surface area contributed by atoms with E-state index in [1.165, 1.54) is 7.11 Å². The summed E-state index contributed by atoms with van der Waals surface area (Å²) >= 11 is 6.25. The Hall–Kier alpha value is -1.59. The fourth-order valence-corrected chi connectivity index (χ4v) is 2.57. The van der Waals surface area contributed by atoms with Crippen molar-refractivity contribution in [1.82, 2.24) is 5.32 Å². The zero-order valence-corrected chi connectivity index (χ0v) is 15.0. The van der Waals surface area contributed by atoms with Crippen molar-refractivity contribution in [3.8, 4) is 0 Å². The lowest BCUT2D eigenvalue weighted by Gasteiger charge is -2.22. The number of rotatable bonds is 7. The first kappa shape index (κ1) is 20.5. The predicted molar refractivity (Wildman–Crippen MR) is 99.6 cm³/mol. The Kier molecular flexibility index (Phi) is 8.79. The Labute approximate surface area is 153 Å². The van der Waals surface area contributed by atoms with Gasteiger partial charge in [0.05, 0.1) is 12.6 Å². The van der Waals surface area contributed by atoms with E-state index in [4.69, 9.17) is 22.1 Å². The number of benzene rings is 2. The molecule has 24 heavy (non-hydrogen) atoms. The molecule has 2 atom stereocenters. The number of halogens is 2. The van der Waals surface area contributed by atoms with Crippen LogP contribution in [0, 0.1) is 0 Å². The van der Waals surface area contributed by atoms with Crippen LogP contribution in [0.15, 0.2) is 54.6 Å². The van der Waals surface area contributed by atoms with Gasteiger partial charge in [-0.3, -0.25) is 4.79 Å². The maximum Gasteiger partial charge on any atom is 0.239 e. The van der Waals surface area contributed by atoms with E-state index in [9.17, 15) is 4.79 Å². The summed E-state index contributed by atoms with van der Waals surface area (Å²) in [7, 11) is 1.52. The molecule has 0 aliphatic rings. The Balaban J connectivity index is 0.00000288. The van der Waals surface area contributed by atoms with Crippen LogP contribution in [-0.2, 0) is 16.0 Å². The molecule has 130 valence electrons. The zero-order valence-electron chi connectivity index (χ0n) is 13.4. The van der Waals surface area contributed by atoms with Crippen molar-refractivity contribution >= 4 is 29.9 Å². The van der Waals surface area contributed by atoms with Gasteiger partial charge < -0.3 is 15.8 Å². The number of methoxy groups -OCH3 is 1. The molecule has 0 saturated heterocycles. The van der Waals surface area contributed by atoms with Gasteiger partial charge in [-0.2, -0.15) is 0 Å². The maximum absolute atomic E-state index is 12.2. The average molecular weight is 369 g/mol. The normalized spacial score (nSPS) is 12.8. The van der Waals surface area contributed by atoms with Crippen LogP contribution < -0.4 is 11.1 Å². The van der Waals surface area contributed by atoms with Crippen LogP contribution >= 0.6 is 24.0 Å². The molecule has 3 N–H and O–H groups in total. The minimum atomic E-state index is -0.697. The van der Waals surface area contributed by atoms with Crippen molar-refractivity contribution in [3.05, 3.63) is 70.7 Å². The number of nitrogens with one attached hydrogen (secondary N) is 1. The number of carbonyl (C=O) groups is 1. The molecular weight excluding hydrogens is 347 g/mol. The summed E-state index contributed by atoms with van der Waals surface area (Å²) in [6.45, 7) is 0.180. The second kappa shape index (κ2) is 10.3. The van der Waals surface area contributed by atoms with Gasteiger partial charge in [0.2, 0.25) is 5.91 Å². The van der Waals surface area contributed by atoms with Crippen LogP contribution in [0.5, 0.6) is 0 Å². The monoisotopic (exact) mass is 368 g/mol. The van der Waals surface area contributed by atoms with Gasteiger partial charge in [0.15, 0.2) is 0 Å². The summed E-state index contributed by atoms with van der Waals surface area (Å²) in [4.78, 5) is 12.2. The van der Waals surface area contributed by atoms with E-state index < -0.39 is 6.04 Å². The average Bonchev–Trinajstić information content (AvgIpc) is 2.57. The topological polar surface area (TPSA) is 64.3 Å². The van der Waals surface area contributed by atoms with Gasteiger partial charge in [-0.15, -0.1) is 12.4 Å². The number of carbonyl (C=O) groups excluding carboxylic acids is 1. The van der Waals surface area contributed by atoms with Crippen LogP contribution in [-0.4, -0.2) is 25.7 Å². The molecule has 4 nitrogen and oxygen atoms in total. The van der Waals surface area contributed by atoms with Crippen LogP contribution in [0.2, 0.25) is 5.02 Å². The van der Waals surface area contributed by atoms with Gasteiger partial charge in [0.25, 0.3) is 0 Å². The Morgan fingerprint density at radius 1 is 1.17 bits per heavy atom. The second-order valence-corrected chi connectivity index (χ2v) is 5.74. The third kappa shape index (κ3) is 5.80. The summed E-state index contributed by atoms with van der Waals surface area (Å²) in [5.41, 5.74) is 7.79. The van der Waals surface area contributed by atoms with Gasteiger partial charge in [-0.25, -0.2) is 0 Å². The highest BCUT2D eigenvalue weighted by Gasteiger charge is 2.20. The summed E-state index contributed by atoms with van der Waals surface area (Å²) in [5.74, 6) is -0.243. The lowest BCUT2D eigenvalue weighted by atomic mass is 9.98. The Morgan fingerprint density at radius 2 is 1.79 bits per heavy atom. The van der Waals surface area contributed by atoms with Crippen LogP contribution in [0.3, 0.4) is 0 Å². The molecule has 0 saturated carbocycles. The molecule has 2 unspecified atom stereocenters. The molecule has 0 bridgehead atoms. The Morgan fingerprint density at radius 3 is 2.42 bits per heavy atom. The Bertz CT molecular complexity index is 638. The second-order valence-electron chi connectivity index (χ2n) is 5.33. The van der Waals surface area contributed by atoms with E-state index in [0.717, 1.165) is 11.1 Å². The third-order valence-corrected chi connectivity index (χ3v) is 3.95. The minimum absolute atomic E-state index is 0. The minimum Gasteiger partial charge on any atom is -0.383 e. The molecule has 2 aromatic carbocycles. The molecule has 0 radical (unpaired) electrons. The number of ether oxygens (including phenoxy) is 1. The molecule has 2 rings (SSSR count). The maximum atomic E-state index is 12.2. The highest BCUT2D eigenvalue weighted by molar-refractivity contribution is 6.31. The van der Waals surface area contributed by atoms with E-state index >= 15 is 0 Å².